The van der Waals surface area contributed by atoms with Gasteiger partial charge in [-0.3, -0.25) is 0 Å². The Labute approximate surface area is 137 Å². The van der Waals surface area contributed by atoms with Crippen LogP contribution in [0.2, 0.25) is 0 Å². The van der Waals surface area contributed by atoms with Crippen molar-refractivity contribution in [2.45, 2.75) is 6.54 Å². The van der Waals surface area contributed by atoms with Crippen LogP contribution in [0.5, 0.6) is 0 Å². The van der Waals surface area contributed by atoms with Crippen molar-refractivity contribution in [3.63, 3.8) is 0 Å². The Bertz CT molecular complexity index is 993. The third kappa shape index (κ3) is 2.43. The van der Waals surface area contributed by atoms with E-state index in [0.29, 0.717) is 6.54 Å². The Morgan fingerprint density at radius 2 is 1.79 bits per heavy atom. The van der Waals surface area contributed by atoms with Crippen LogP contribution in [0, 0.1) is 5.82 Å². The first-order valence-electron chi connectivity index (χ1n) is 7.50. The fourth-order valence-corrected chi connectivity index (χ4v) is 2.75. The summed E-state index contributed by atoms with van der Waals surface area (Å²) in [6.07, 6.45) is 5.24. The van der Waals surface area contributed by atoms with Gasteiger partial charge in [0.1, 0.15) is 11.5 Å². The summed E-state index contributed by atoms with van der Waals surface area (Å²) in [5.74, 6) is -0.278. The van der Waals surface area contributed by atoms with Crippen molar-refractivity contribution < 1.29 is 4.39 Å². The summed E-state index contributed by atoms with van der Waals surface area (Å²) >= 11 is 0. The molecule has 0 bridgehead atoms. The molecule has 0 aliphatic carbocycles. The van der Waals surface area contributed by atoms with Gasteiger partial charge in [-0.2, -0.15) is 15.3 Å². The van der Waals surface area contributed by atoms with E-state index in [1.165, 1.54) is 12.1 Å². The maximum absolute atomic E-state index is 13.3. The SMILES string of the molecule is NCc1ccc2c(-c3ccnnc3)c(-c3ccc(F)cc3)nn2c1. The highest BCUT2D eigenvalue weighted by Gasteiger charge is 2.17. The number of hydrogen-bond donors (Lipinski definition) is 1. The number of rotatable bonds is 3. The Kier molecular flexibility index (Phi) is 3.51. The number of halogens is 1. The molecule has 0 aliphatic heterocycles. The molecule has 0 radical (unpaired) electrons. The lowest BCUT2D eigenvalue weighted by Crippen LogP contribution is -1.98. The molecule has 0 saturated carbocycles. The van der Waals surface area contributed by atoms with Gasteiger partial charge in [0.2, 0.25) is 0 Å². The average molecular weight is 319 g/mol. The van der Waals surface area contributed by atoms with Gasteiger partial charge in [0.25, 0.3) is 0 Å². The molecule has 2 N–H and O–H groups in total. The molecule has 6 heteroatoms. The van der Waals surface area contributed by atoms with E-state index in [9.17, 15) is 4.39 Å². The molecule has 0 fully saturated rings. The molecule has 0 atom stereocenters. The van der Waals surface area contributed by atoms with E-state index in [2.05, 4.69) is 15.3 Å². The van der Waals surface area contributed by atoms with E-state index in [4.69, 9.17) is 5.73 Å². The summed E-state index contributed by atoms with van der Waals surface area (Å²) in [5, 5.41) is 12.5. The third-order valence-corrected chi connectivity index (χ3v) is 3.92. The molecular formula is C18H14FN5. The van der Waals surface area contributed by atoms with Gasteiger partial charge in [-0.25, -0.2) is 8.91 Å². The standard InChI is InChI=1S/C18H14FN5/c19-15-4-2-13(3-5-15)18-17(14-7-8-21-22-10-14)16-6-1-12(9-20)11-24(16)23-18/h1-8,10-11H,9,20H2. The summed E-state index contributed by atoms with van der Waals surface area (Å²) < 4.78 is 15.1. The van der Waals surface area contributed by atoms with E-state index in [0.717, 1.165) is 33.5 Å². The molecule has 4 aromatic rings. The van der Waals surface area contributed by atoms with Crippen molar-refractivity contribution in [1.29, 1.82) is 0 Å². The highest BCUT2D eigenvalue weighted by atomic mass is 19.1. The average Bonchev–Trinajstić information content (AvgIpc) is 3.01. The lowest BCUT2D eigenvalue weighted by atomic mass is 10.0. The molecule has 118 valence electrons. The number of hydrogen-bond acceptors (Lipinski definition) is 4. The molecule has 4 rings (SSSR count). The van der Waals surface area contributed by atoms with Crippen molar-refractivity contribution in [3.8, 4) is 22.4 Å². The highest BCUT2D eigenvalue weighted by molar-refractivity contribution is 5.91. The Morgan fingerprint density at radius 3 is 2.50 bits per heavy atom. The highest BCUT2D eigenvalue weighted by Crippen LogP contribution is 2.34. The molecule has 0 amide bonds. The fourth-order valence-electron chi connectivity index (χ4n) is 2.75. The largest absolute Gasteiger partial charge is 0.326 e. The second-order valence-electron chi connectivity index (χ2n) is 5.43. The van der Waals surface area contributed by atoms with Crippen molar-refractivity contribution in [1.82, 2.24) is 19.8 Å². The molecule has 3 aromatic heterocycles. The number of aromatic nitrogens is 4. The van der Waals surface area contributed by atoms with Gasteiger partial charge in [0, 0.05) is 29.4 Å². The molecule has 5 nitrogen and oxygen atoms in total. The predicted octanol–water partition coefficient (Wildman–Crippen LogP) is 3.06. The van der Waals surface area contributed by atoms with Crippen LogP contribution in [0.4, 0.5) is 4.39 Å². The minimum atomic E-state index is -0.278. The third-order valence-electron chi connectivity index (χ3n) is 3.92. The summed E-state index contributed by atoms with van der Waals surface area (Å²) in [4.78, 5) is 0. The summed E-state index contributed by atoms with van der Waals surface area (Å²) in [6.45, 7) is 0.438. The zero-order valence-electron chi connectivity index (χ0n) is 12.7. The van der Waals surface area contributed by atoms with Crippen LogP contribution in [0.25, 0.3) is 27.9 Å². The van der Waals surface area contributed by atoms with Crippen LogP contribution in [-0.2, 0) is 6.54 Å². The summed E-state index contributed by atoms with van der Waals surface area (Å²) in [5.41, 5.74) is 11.1. The molecule has 0 saturated heterocycles. The minimum absolute atomic E-state index is 0.278. The van der Waals surface area contributed by atoms with Gasteiger partial charge < -0.3 is 5.73 Å². The van der Waals surface area contributed by atoms with E-state index >= 15 is 0 Å². The number of fused-ring (bicyclic) bond motifs is 1. The fraction of sp³-hybridized carbons (Fsp3) is 0.0556. The molecule has 1 aromatic carbocycles. The zero-order valence-corrected chi connectivity index (χ0v) is 12.7. The number of benzene rings is 1. The monoisotopic (exact) mass is 319 g/mol. The first-order valence-corrected chi connectivity index (χ1v) is 7.50. The van der Waals surface area contributed by atoms with Crippen LogP contribution in [-0.4, -0.2) is 19.8 Å². The summed E-state index contributed by atoms with van der Waals surface area (Å²) in [7, 11) is 0. The van der Waals surface area contributed by atoms with Crippen molar-refractivity contribution >= 4 is 5.52 Å². The van der Waals surface area contributed by atoms with Gasteiger partial charge in [-0.05, 0) is 42.0 Å². The number of pyridine rings is 1. The van der Waals surface area contributed by atoms with E-state index < -0.39 is 0 Å². The van der Waals surface area contributed by atoms with E-state index in [1.54, 1.807) is 29.0 Å². The van der Waals surface area contributed by atoms with Crippen LogP contribution in [0.15, 0.2) is 61.1 Å². The number of nitrogens with two attached hydrogens (primary N) is 1. The molecule has 0 spiro atoms. The first-order chi connectivity index (χ1) is 11.8. The van der Waals surface area contributed by atoms with Crippen molar-refractivity contribution in [2.24, 2.45) is 5.73 Å². The summed E-state index contributed by atoms with van der Waals surface area (Å²) in [6, 6.07) is 12.1. The molecular weight excluding hydrogens is 305 g/mol. The van der Waals surface area contributed by atoms with Crippen LogP contribution in [0.1, 0.15) is 5.56 Å². The molecule has 24 heavy (non-hydrogen) atoms. The lowest BCUT2D eigenvalue weighted by Gasteiger charge is -2.03. The molecule has 0 aliphatic rings. The predicted molar refractivity (Wildman–Crippen MR) is 89.5 cm³/mol. The Morgan fingerprint density at radius 1 is 0.958 bits per heavy atom. The number of nitrogens with zero attached hydrogens (tertiary/aromatic N) is 4. The quantitative estimate of drug-likeness (QED) is 0.630. The van der Waals surface area contributed by atoms with Crippen LogP contribution >= 0.6 is 0 Å². The maximum Gasteiger partial charge on any atom is 0.123 e. The van der Waals surface area contributed by atoms with E-state index in [-0.39, 0.29) is 5.82 Å². The first kappa shape index (κ1) is 14.5. The lowest BCUT2D eigenvalue weighted by molar-refractivity contribution is 0.628. The van der Waals surface area contributed by atoms with Gasteiger partial charge in [-0.1, -0.05) is 6.07 Å². The van der Waals surface area contributed by atoms with Gasteiger partial charge >= 0.3 is 0 Å². The molecule has 0 unspecified atom stereocenters. The maximum atomic E-state index is 13.3. The van der Waals surface area contributed by atoms with Gasteiger partial charge in [0.05, 0.1) is 17.9 Å². The second-order valence-corrected chi connectivity index (χ2v) is 5.43. The van der Waals surface area contributed by atoms with Crippen molar-refractivity contribution in [2.75, 3.05) is 0 Å². The topological polar surface area (TPSA) is 69.1 Å². The second kappa shape index (κ2) is 5.82. The van der Waals surface area contributed by atoms with E-state index in [1.807, 2.05) is 24.4 Å². The Balaban J connectivity index is 2.02. The van der Waals surface area contributed by atoms with Crippen molar-refractivity contribution in [3.05, 3.63) is 72.4 Å². The Hall–Kier alpha value is -3.12. The molecule has 3 heterocycles. The van der Waals surface area contributed by atoms with Gasteiger partial charge in [0.15, 0.2) is 0 Å². The smallest absolute Gasteiger partial charge is 0.123 e. The minimum Gasteiger partial charge on any atom is -0.326 e. The normalized spacial score (nSPS) is 11.1. The van der Waals surface area contributed by atoms with Crippen LogP contribution in [0.3, 0.4) is 0 Å². The van der Waals surface area contributed by atoms with Crippen LogP contribution < -0.4 is 5.73 Å². The van der Waals surface area contributed by atoms with Gasteiger partial charge in [-0.15, -0.1) is 0 Å². The zero-order chi connectivity index (χ0) is 16.5.